The maximum atomic E-state index is 5.90. The summed E-state index contributed by atoms with van der Waals surface area (Å²) in [6.45, 7) is 0. The molecule has 0 aliphatic heterocycles. The average Bonchev–Trinajstić information content (AvgIpc) is 2.69. The van der Waals surface area contributed by atoms with E-state index in [2.05, 4.69) is 22.3 Å². The van der Waals surface area contributed by atoms with Gasteiger partial charge in [0.25, 0.3) is 0 Å². The molecule has 1 aromatic carbocycles. The SMILES string of the molecule is Cn1cnnc1C(c1cccc(N)c1)C1CCC1. The van der Waals surface area contributed by atoms with Gasteiger partial charge in [-0.1, -0.05) is 18.6 Å². The van der Waals surface area contributed by atoms with Crippen LogP contribution in [0.1, 0.15) is 36.6 Å². The summed E-state index contributed by atoms with van der Waals surface area (Å²) < 4.78 is 2.02. The molecule has 4 heteroatoms. The molecule has 1 aromatic heterocycles. The third-order valence-electron chi connectivity index (χ3n) is 3.92. The molecule has 1 heterocycles. The van der Waals surface area contributed by atoms with Crippen molar-refractivity contribution >= 4 is 5.69 Å². The molecule has 3 rings (SSSR count). The molecule has 1 fully saturated rings. The first-order valence-electron chi connectivity index (χ1n) is 6.45. The Hall–Kier alpha value is -1.84. The Morgan fingerprint density at radius 3 is 2.78 bits per heavy atom. The van der Waals surface area contributed by atoms with E-state index in [1.165, 1.54) is 24.8 Å². The van der Waals surface area contributed by atoms with Crippen molar-refractivity contribution in [3.63, 3.8) is 0 Å². The minimum Gasteiger partial charge on any atom is -0.399 e. The topological polar surface area (TPSA) is 56.7 Å². The van der Waals surface area contributed by atoms with Gasteiger partial charge in [0.1, 0.15) is 12.2 Å². The summed E-state index contributed by atoms with van der Waals surface area (Å²) in [7, 11) is 2.01. The molecule has 0 amide bonds. The van der Waals surface area contributed by atoms with Crippen LogP contribution >= 0.6 is 0 Å². The molecule has 1 aliphatic carbocycles. The summed E-state index contributed by atoms with van der Waals surface area (Å²) in [5.41, 5.74) is 7.98. The number of aromatic nitrogens is 3. The van der Waals surface area contributed by atoms with Gasteiger partial charge in [-0.25, -0.2) is 0 Å². The molecule has 94 valence electrons. The molecule has 1 atom stereocenters. The molecule has 2 aromatic rings. The Morgan fingerprint density at radius 2 is 2.22 bits per heavy atom. The van der Waals surface area contributed by atoms with Crippen LogP contribution in [0.3, 0.4) is 0 Å². The third-order valence-corrected chi connectivity index (χ3v) is 3.92. The van der Waals surface area contributed by atoms with Crippen molar-refractivity contribution < 1.29 is 0 Å². The highest BCUT2D eigenvalue weighted by atomic mass is 15.2. The second-order valence-electron chi connectivity index (χ2n) is 5.14. The first-order chi connectivity index (χ1) is 8.75. The van der Waals surface area contributed by atoms with Gasteiger partial charge in [0, 0.05) is 18.7 Å². The van der Waals surface area contributed by atoms with Gasteiger partial charge < -0.3 is 10.3 Å². The average molecular weight is 242 g/mol. The highest BCUT2D eigenvalue weighted by Crippen LogP contribution is 2.42. The highest BCUT2D eigenvalue weighted by Gasteiger charge is 2.32. The normalized spacial score (nSPS) is 17.4. The fourth-order valence-electron chi connectivity index (χ4n) is 2.73. The molecule has 18 heavy (non-hydrogen) atoms. The van der Waals surface area contributed by atoms with Crippen LogP contribution in [-0.4, -0.2) is 14.8 Å². The van der Waals surface area contributed by atoms with Crippen LogP contribution in [0.2, 0.25) is 0 Å². The van der Waals surface area contributed by atoms with Crippen LogP contribution in [-0.2, 0) is 7.05 Å². The van der Waals surface area contributed by atoms with E-state index in [9.17, 15) is 0 Å². The molecule has 0 bridgehead atoms. The summed E-state index contributed by atoms with van der Waals surface area (Å²) in [6.07, 6.45) is 5.63. The minimum atomic E-state index is 0.328. The van der Waals surface area contributed by atoms with Gasteiger partial charge in [0.05, 0.1) is 0 Å². The zero-order valence-electron chi connectivity index (χ0n) is 10.6. The standard InChI is InChI=1S/C14H18N4/c1-18-9-16-17-14(18)13(10-4-2-5-10)11-6-3-7-12(15)8-11/h3,6-10,13H,2,4-5,15H2,1H3. The van der Waals surface area contributed by atoms with Gasteiger partial charge in [0.2, 0.25) is 0 Å². The van der Waals surface area contributed by atoms with E-state index in [1.807, 2.05) is 23.7 Å². The van der Waals surface area contributed by atoms with Gasteiger partial charge in [-0.3, -0.25) is 0 Å². The van der Waals surface area contributed by atoms with Crippen LogP contribution in [0.15, 0.2) is 30.6 Å². The number of nitrogen functional groups attached to an aromatic ring is 1. The Bertz CT molecular complexity index is 542. The van der Waals surface area contributed by atoms with Gasteiger partial charge >= 0.3 is 0 Å². The van der Waals surface area contributed by atoms with Crippen molar-refractivity contribution in [1.29, 1.82) is 0 Å². The quantitative estimate of drug-likeness (QED) is 0.840. The molecule has 1 unspecified atom stereocenters. The number of nitrogens with zero attached hydrogens (tertiary/aromatic N) is 3. The molecule has 4 nitrogen and oxygen atoms in total. The number of nitrogens with two attached hydrogens (primary N) is 1. The van der Waals surface area contributed by atoms with Crippen molar-refractivity contribution in [3.8, 4) is 0 Å². The maximum Gasteiger partial charge on any atom is 0.140 e. The van der Waals surface area contributed by atoms with Crippen molar-refractivity contribution in [1.82, 2.24) is 14.8 Å². The van der Waals surface area contributed by atoms with Gasteiger partial charge in [-0.05, 0) is 36.5 Å². The Labute approximate surface area is 107 Å². The zero-order valence-corrected chi connectivity index (χ0v) is 10.6. The molecule has 1 saturated carbocycles. The summed E-state index contributed by atoms with van der Waals surface area (Å²) in [6, 6.07) is 8.16. The molecule has 1 aliphatic rings. The lowest BCUT2D eigenvalue weighted by molar-refractivity contribution is 0.274. The Kier molecular flexibility index (Phi) is 2.78. The van der Waals surface area contributed by atoms with E-state index < -0.39 is 0 Å². The van der Waals surface area contributed by atoms with Gasteiger partial charge in [-0.15, -0.1) is 10.2 Å². The number of benzene rings is 1. The third kappa shape index (κ3) is 1.88. The maximum absolute atomic E-state index is 5.90. The number of anilines is 1. The minimum absolute atomic E-state index is 0.328. The van der Waals surface area contributed by atoms with Gasteiger partial charge in [-0.2, -0.15) is 0 Å². The zero-order chi connectivity index (χ0) is 12.5. The van der Waals surface area contributed by atoms with E-state index in [-0.39, 0.29) is 0 Å². The van der Waals surface area contributed by atoms with E-state index in [0.717, 1.165) is 11.5 Å². The van der Waals surface area contributed by atoms with Gasteiger partial charge in [0.15, 0.2) is 0 Å². The lowest BCUT2D eigenvalue weighted by atomic mass is 9.72. The highest BCUT2D eigenvalue weighted by molar-refractivity contribution is 5.43. The smallest absolute Gasteiger partial charge is 0.140 e. The second kappa shape index (κ2) is 4.44. The predicted molar refractivity (Wildman–Crippen MR) is 71.0 cm³/mol. The molecule has 2 N–H and O–H groups in total. The summed E-state index contributed by atoms with van der Waals surface area (Å²) in [5.74, 6) is 2.05. The number of hydrogen-bond acceptors (Lipinski definition) is 3. The number of rotatable bonds is 3. The monoisotopic (exact) mass is 242 g/mol. The van der Waals surface area contributed by atoms with Crippen LogP contribution in [0.5, 0.6) is 0 Å². The molecular formula is C14H18N4. The number of hydrogen-bond donors (Lipinski definition) is 1. The first-order valence-corrected chi connectivity index (χ1v) is 6.45. The summed E-state index contributed by atoms with van der Waals surface area (Å²) in [5, 5.41) is 8.31. The first kappa shape index (κ1) is 11.3. The van der Waals surface area contributed by atoms with Crippen LogP contribution in [0.25, 0.3) is 0 Å². The van der Waals surface area contributed by atoms with Crippen molar-refractivity contribution in [2.75, 3.05) is 5.73 Å². The lowest BCUT2D eigenvalue weighted by Gasteiger charge is -2.33. The fraction of sp³-hybridized carbons (Fsp3) is 0.429. The predicted octanol–water partition coefficient (Wildman–Crippen LogP) is 2.33. The molecular weight excluding hydrogens is 224 g/mol. The van der Waals surface area contributed by atoms with E-state index in [0.29, 0.717) is 11.8 Å². The van der Waals surface area contributed by atoms with Crippen LogP contribution in [0, 0.1) is 5.92 Å². The fourth-order valence-corrected chi connectivity index (χ4v) is 2.73. The largest absolute Gasteiger partial charge is 0.399 e. The summed E-state index contributed by atoms with van der Waals surface area (Å²) in [4.78, 5) is 0. The van der Waals surface area contributed by atoms with E-state index in [1.54, 1.807) is 6.33 Å². The second-order valence-corrected chi connectivity index (χ2v) is 5.14. The van der Waals surface area contributed by atoms with Crippen molar-refractivity contribution in [2.24, 2.45) is 13.0 Å². The van der Waals surface area contributed by atoms with E-state index in [4.69, 9.17) is 5.73 Å². The lowest BCUT2D eigenvalue weighted by Crippen LogP contribution is -2.24. The van der Waals surface area contributed by atoms with Crippen molar-refractivity contribution in [3.05, 3.63) is 42.0 Å². The number of aryl methyl sites for hydroxylation is 1. The Morgan fingerprint density at radius 1 is 1.39 bits per heavy atom. The van der Waals surface area contributed by atoms with Crippen LogP contribution in [0.4, 0.5) is 5.69 Å². The van der Waals surface area contributed by atoms with Crippen LogP contribution < -0.4 is 5.73 Å². The summed E-state index contributed by atoms with van der Waals surface area (Å²) >= 11 is 0. The van der Waals surface area contributed by atoms with E-state index >= 15 is 0 Å². The molecule has 0 spiro atoms. The molecule has 0 saturated heterocycles. The molecule has 0 radical (unpaired) electrons. The Balaban J connectivity index is 2.03. The van der Waals surface area contributed by atoms with Crippen molar-refractivity contribution in [2.45, 2.75) is 25.2 Å².